The second-order valence-electron chi connectivity index (χ2n) is 9.44. The predicted molar refractivity (Wildman–Crippen MR) is 138 cm³/mol. The molecule has 3 heterocycles. The minimum atomic E-state index is -1.62. The van der Waals surface area contributed by atoms with Crippen LogP contribution >= 0.6 is 0 Å². The summed E-state index contributed by atoms with van der Waals surface area (Å²) in [4.78, 5) is 80.4. The summed E-state index contributed by atoms with van der Waals surface area (Å²) in [6.07, 6.45) is 0.286. The summed E-state index contributed by atoms with van der Waals surface area (Å²) in [6, 6.07) is -0.618. The number of aromatic nitrogens is 5. The molecule has 0 spiro atoms. The van der Waals surface area contributed by atoms with E-state index in [1.54, 1.807) is 26.0 Å². The monoisotopic (exact) mass is 573 g/mol. The Kier molecular flexibility index (Phi) is 10.4. The van der Waals surface area contributed by atoms with Crippen molar-refractivity contribution in [3.05, 3.63) is 29.7 Å². The van der Waals surface area contributed by atoms with Crippen LogP contribution in [0.4, 0.5) is 5.82 Å². The predicted octanol–water partition coefficient (Wildman–Crippen LogP) is -1.48. The van der Waals surface area contributed by atoms with Crippen LogP contribution in [0.2, 0.25) is 0 Å². The number of pyridine rings is 1. The van der Waals surface area contributed by atoms with Gasteiger partial charge in [0, 0.05) is 19.0 Å². The molecule has 0 saturated heterocycles. The van der Waals surface area contributed by atoms with Gasteiger partial charge in [-0.1, -0.05) is 31.5 Å². The fraction of sp³-hybridized carbons (Fsp3) is 0.500. The van der Waals surface area contributed by atoms with Crippen LogP contribution in [-0.2, 0) is 41.7 Å². The first kappa shape index (κ1) is 30.6. The molecule has 0 aliphatic carbocycles. The van der Waals surface area contributed by atoms with Crippen molar-refractivity contribution in [2.75, 3.05) is 4.90 Å². The van der Waals surface area contributed by atoms with E-state index in [4.69, 9.17) is 5.11 Å². The number of hydrogen-bond acceptors (Lipinski definition) is 10. The van der Waals surface area contributed by atoms with Crippen LogP contribution in [0, 0.1) is 5.92 Å². The molecule has 0 fully saturated rings. The molecule has 2 aromatic heterocycles. The first-order valence-corrected chi connectivity index (χ1v) is 12.8. The SMILES string of the molecule is CC[C@H](C)[C@H](NC(=O)CCC(=O)O)C(=O)NC(CC(=O)O)C(=O)N1c2ncccc2C[C@H]1C(=O)NCc1nn[nH]n1. The van der Waals surface area contributed by atoms with Gasteiger partial charge in [0.15, 0.2) is 5.82 Å². The standard InChI is InChI=1S/C24H31N9O8/c1-3-12(2)20(28-17(34)6-7-18(35)36)23(40)27-14(10-19(37)38)24(41)33-15(9-13-5-4-8-25-21(13)33)22(39)26-11-16-29-31-32-30-16/h4-5,8,12,14-15,20H,3,6-7,9-11H2,1-2H3,(H,26,39)(H,27,40)(H,28,34)(H,35,36)(H,37,38)(H,29,30,31,32)/t12-,14?,15-,20-/m0/s1. The van der Waals surface area contributed by atoms with Crippen molar-refractivity contribution in [2.24, 2.45) is 5.92 Å². The lowest BCUT2D eigenvalue weighted by atomic mass is 9.97. The van der Waals surface area contributed by atoms with Crippen LogP contribution < -0.4 is 20.9 Å². The molecular formula is C24H31N9O8. The van der Waals surface area contributed by atoms with Crippen molar-refractivity contribution in [2.45, 2.75) is 70.6 Å². The maximum atomic E-state index is 13.8. The van der Waals surface area contributed by atoms with E-state index < -0.39 is 72.5 Å². The number of aliphatic carboxylic acids is 2. The Labute approximate surface area is 233 Å². The van der Waals surface area contributed by atoms with Gasteiger partial charge in [-0.05, 0) is 17.5 Å². The van der Waals surface area contributed by atoms with Crippen molar-refractivity contribution < 1.29 is 39.0 Å². The topological polar surface area (TPSA) is 250 Å². The van der Waals surface area contributed by atoms with E-state index in [9.17, 15) is 33.9 Å². The highest BCUT2D eigenvalue weighted by atomic mass is 16.4. The number of carboxylic acids is 2. The smallest absolute Gasteiger partial charge is 0.305 e. The minimum Gasteiger partial charge on any atom is -0.481 e. The quantitative estimate of drug-likeness (QED) is 0.151. The summed E-state index contributed by atoms with van der Waals surface area (Å²) in [7, 11) is 0. The molecule has 41 heavy (non-hydrogen) atoms. The van der Waals surface area contributed by atoms with Gasteiger partial charge in [0.25, 0.3) is 5.91 Å². The number of fused-ring (bicyclic) bond motifs is 1. The van der Waals surface area contributed by atoms with Crippen LogP contribution in [0.15, 0.2) is 18.3 Å². The number of hydrogen-bond donors (Lipinski definition) is 6. The Morgan fingerprint density at radius 2 is 1.88 bits per heavy atom. The van der Waals surface area contributed by atoms with E-state index in [1.165, 1.54) is 6.20 Å². The molecule has 4 amide bonds. The number of rotatable bonds is 14. The van der Waals surface area contributed by atoms with Gasteiger partial charge in [0.2, 0.25) is 17.7 Å². The molecule has 6 N–H and O–H groups in total. The zero-order valence-electron chi connectivity index (χ0n) is 22.4. The molecule has 1 aliphatic heterocycles. The number of nitrogens with one attached hydrogen (secondary N) is 4. The maximum absolute atomic E-state index is 13.8. The first-order chi connectivity index (χ1) is 19.5. The minimum absolute atomic E-state index is 0.0792. The molecular weight excluding hydrogens is 542 g/mol. The lowest BCUT2D eigenvalue weighted by Crippen LogP contribution is -2.59. The summed E-state index contributed by atoms with van der Waals surface area (Å²) in [5.41, 5.74) is 0.559. The number of carboxylic acid groups (broad SMARTS) is 2. The highest BCUT2D eigenvalue weighted by Crippen LogP contribution is 2.31. The Bertz CT molecular complexity index is 1290. The summed E-state index contributed by atoms with van der Waals surface area (Å²) in [5.74, 6) is -5.69. The number of tetrazole rings is 1. The zero-order chi connectivity index (χ0) is 30.1. The van der Waals surface area contributed by atoms with Crippen LogP contribution in [0.3, 0.4) is 0 Å². The molecule has 0 aromatic carbocycles. The normalized spacial score (nSPS) is 16.1. The van der Waals surface area contributed by atoms with Crippen molar-refractivity contribution in [3.63, 3.8) is 0 Å². The molecule has 220 valence electrons. The van der Waals surface area contributed by atoms with E-state index >= 15 is 0 Å². The van der Waals surface area contributed by atoms with Crippen molar-refractivity contribution in [3.8, 4) is 0 Å². The van der Waals surface area contributed by atoms with Gasteiger partial charge < -0.3 is 26.2 Å². The van der Waals surface area contributed by atoms with Gasteiger partial charge >= 0.3 is 11.9 Å². The van der Waals surface area contributed by atoms with Crippen molar-refractivity contribution in [1.82, 2.24) is 41.6 Å². The fourth-order valence-electron chi connectivity index (χ4n) is 4.24. The molecule has 3 rings (SSSR count). The molecule has 17 nitrogen and oxygen atoms in total. The van der Waals surface area contributed by atoms with Crippen molar-refractivity contribution >= 4 is 41.4 Å². The number of carbonyl (C=O) groups is 6. The first-order valence-electron chi connectivity index (χ1n) is 12.8. The highest BCUT2D eigenvalue weighted by Gasteiger charge is 2.43. The average molecular weight is 574 g/mol. The Balaban J connectivity index is 1.84. The molecule has 0 radical (unpaired) electrons. The molecule has 2 aromatic rings. The summed E-state index contributed by atoms with van der Waals surface area (Å²) in [5, 5.41) is 39.1. The van der Waals surface area contributed by atoms with Crippen LogP contribution in [-0.4, -0.2) is 89.5 Å². The van der Waals surface area contributed by atoms with Gasteiger partial charge in [0.05, 0.1) is 19.4 Å². The molecule has 17 heteroatoms. The Morgan fingerprint density at radius 3 is 2.51 bits per heavy atom. The maximum Gasteiger partial charge on any atom is 0.305 e. The third kappa shape index (κ3) is 8.02. The number of nitrogens with zero attached hydrogens (tertiary/aromatic N) is 5. The van der Waals surface area contributed by atoms with E-state index in [1.807, 2.05) is 0 Å². The third-order valence-corrected chi connectivity index (χ3v) is 6.54. The molecule has 4 atom stereocenters. The lowest BCUT2D eigenvalue weighted by molar-refractivity contribution is -0.141. The number of H-pyrrole nitrogens is 1. The van der Waals surface area contributed by atoms with Crippen molar-refractivity contribution in [1.29, 1.82) is 0 Å². The van der Waals surface area contributed by atoms with Crippen LogP contribution in [0.5, 0.6) is 0 Å². The molecule has 0 bridgehead atoms. The number of amides is 4. The third-order valence-electron chi connectivity index (χ3n) is 6.54. The molecule has 1 aliphatic rings. The van der Waals surface area contributed by atoms with Crippen LogP contribution in [0.25, 0.3) is 0 Å². The van der Waals surface area contributed by atoms with Gasteiger partial charge in [0.1, 0.15) is 23.9 Å². The second-order valence-corrected chi connectivity index (χ2v) is 9.44. The van der Waals surface area contributed by atoms with Gasteiger partial charge in [-0.2, -0.15) is 5.21 Å². The van der Waals surface area contributed by atoms with E-state index in [0.717, 1.165) is 4.90 Å². The van der Waals surface area contributed by atoms with E-state index in [-0.39, 0.29) is 31.0 Å². The number of aromatic amines is 1. The lowest BCUT2D eigenvalue weighted by Gasteiger charge is -2.30. The zero-order valence-corrected chi connectivity index (χ0v) is 22.4. The summed E-state index contributed by atoms with van der Waals surface area (Å²) < 4.78 is 0. The average Bonchev–Trinajstić information content (AvgIpc) is 3.60. The summed E-state index contributed by atoms with van der Waals surface area (Å²) in [6.45, 7) is 3.34. The molecule has 0 saturated carbocycles. The van der Waals surface area contributed by atoms with Gasteiger partial charge in [-0.25, -0.2) is 4.98 Å². The van der Waals surface area contributed by atoms with Gasteiger partial charge in [-0.15, -0.1) is 10.2 Å². The second kappa shape index (κ2) is 13.9. The fourth-order valence-corrected chi connectivity index (χ4v) is 4.24. The Morgan fingerprint density at radius 1 is 1.12 bits per heavy atom. The van der Waals surface area contributed by atoms with Crippen LogP contribution in [0.1, 0.15) is 50.9 Å². The number of carbonyl (C=O) groups excluding carboxylic acids is 4. The van der Waals surface area contributed by atoms with E-state index in [2.05, 4.69) is 41.6 Å². The highest BCUT2D eigenvalue weighted by molar-refractivity contribution is 6.07. The van der Waals surface area contributed by atoms with E-state index in [0.29, 0.717) is 12.0 Å². The Hall–Kier alpha value is -4.96. The largest absolute Gasteiger partial charge is 0.481 e. The molecule has 1 unspecified atom stereocenters. The number of anilines is 1. The van der Waals surface area contributed by atoms with Gasteiger partial charge in [-0.3, -0.25) is 33.7 Å². The summed E-state index contributed by atoms with van der Waals surface area (Å²) >= 11 is 0.